The van der Waals surface area contributed by atoms with E-state index in [-0.39, 0.29) is 11.9 Å². The van der Waals surface area contributed by atoms with Crippen LogP contribution in [0.3, 0.4) is 0 Å². The molecular weight excluding hydrogens is 216 g/mol. The lowest BCUT2D eigenvalue weighted by atomic mass is 10.2. The Bertz CT molecular complexity index is 467. The Morgan fingerprint density at radius 3 is 2.82 bits per heavy atom. The molecule has 0 spiro atoms. The summed E-state index contributed by atoms with van der Waals surface area (Å²) in [6, 6.07) is 3.55. The number of rotatable bonds is 4. The molecule has 0 radical (unpaired) electrons. The van der Waals surface area contributed by atoms with E-state index in [0.717, 1.165) is 11.4 Å². The van der Waals surface area contributed by atoms with Crippen LogP contribution in [-0.4, -0.2) is 20.9 Å². The zero-order valence-electron chi connectivity index (χ0n) is 9.55. The summed E-state index contributed by atoms with van der Waals surface area (Å²) in [5.41, 5.74) is 0.948. The molecule has 17 heavy (non-hydrogen) atoms. The molecular formula is C12H14N4O. The van der Waals surface area contributed by atoms with Crippen molar-refractivity contribution in [1.82, 2.24) is 20.3 Å². The second-order valence-corrected chi connectivity index (χ2v) is 3.80. The van der Waals surface area contributed by atoms with Gasteiger partial charge in [-0.05, 0) is 24.6 Å². The van der Waals surface area contributed by atoms with Gasteiger partial charge in [0.25, 0.3) is 0 Å². The minimum Gasteiger partial charge on any atom is -0.347 e. The van der Waals surface area contributed by atoms with Crippen molar-refractivity contribution >= 4 is 5.91 Å². The van der Waals surface area contributed by atoms with E-state index in [1.165, 1.54) is 0 Å². The van der Waals surface area contributed by atoms with Gasteiger partial charge < -0.3 is 10.3 Å². The summed E-state index contributed by atoms with van der Waals surface area (Å²) in [5, 5.41) is 2.88. The normalized spacial score (nSPS) is 12.1. The van der Waals surface area contributed by atoms with E-state index in [1.807, 2.05) is 19.1 Å². The van der Waals surface area contributed by atoms with E-state index >= 15 is 0 Å². The summed E-state index contributed by atoms with van der Waals surface area (Å²) < 4.78 is 0. The van der Waals surface area contributed by atoms with Crippen LogP contribution in [0.15, 0.2) is 36.9 Å². The standard InChI is InChI=1S/C12H14N4O/c1-9(12-14-6-7-15-12)16-11(17)8-10-2-4-13-5-3-10/h2-7,9H,8H2,1H3,(H,14,15)(H,16,17). The Balaban J connectivity index is 1.90. The Kier molecular flexibility index (Phi) is 3.49. The summed E-state index contributed by atoms with van der Waals surface area (Å²) in [6.07, 6.45) is 7.12. The number of nitrogens with one attached hydrogen (secondary N) is 2. The van der Waals surface area contributed by atoms with Crippen LogP contribution in [0.4, 0.5) is 0 Å². The van der Waals surface area contributed by atoms with E-state index in [9.17, 15) is 4.79 Å². The number of imidazole rings is 1. The molecule has 0 aliphatic heterocycles. The topological polar surface area (TPSA) is 70.7 Å². The fraction of sp³-hybridized carbons (Fsp3) is 0.250. The SMILES string of the molecule is CC(NC(=O)Cc1ccncc1)c1ncc[nH]1. The molecule has 5 heteroatoms. The third-order valence-electron chi connectivity index (χ3n) is 2.42. The highest BCUT2D eigenvalue weighted by atomic mass is 16.1. The quantitative estimate of drug-likeness (QED) is 0.829. The Morgan fingerprint density at radius 2 is 2.18 bits per heavy atom. The monoisotopic (exact) mass is 230 g/mol. The molecule has 0 saturated carbocycles. The van der Waals surface area contributed by atoms with Crippen LogP contribution in [-0.2, 0) is 11.2 Å². The van der Waals surface area contributed by atoms with Crippen molar-refractivity contribution in [2.45, 2.75) is 19.4 Å². The minimum absolute atomic E-state index is 0.0277. The fourth-order valence-corrected chi connectivity index (χ4v) is 1.56. The van der Waals surface area contributed by atoms with Crippen LogP contribution in [0.25, 0.3) is 0 Å². The van der Waals surface area contributed by atoms with Crippen molar-refractivity contribution in [3.05, 3.63) is 48.3 Å². The van der Waals surface area contributed by atoms with Crippen molar-refractivity contribution in [2.24, 2.45) is 0 Å². The summed E-state index contributed by atoms with van der Waals surface area (Å²) in [7, 11) is 0. The van der Waals surface area contributed by atoms with Gasteiger partial charge in [0.1, 0.15) is 5.82 Å². The van der Waals surface area contributed by atoms with Crippen molar-refractivity contribution < 1.29 is 4.79 Å². The lowest BCUT2D eigenvalue weighted by molar-refractivity contribution is -0.121. The van der Waals surface area contributed by atoms with Crippen LogP contribution < -0.4 is 5.32 Å². The van der Waals surface area contributed by atoms with Crippen molar-refractivity contribution in [3.8, 4) is 0 Å². The molecule has 0 bridgehead atoms. The van der Waals surface area contributed by atoms with Gasteiger partial charge in [0.2, 0.25) is 5.91 Å². The Morgan fingerprint density at radius 1 is 1.41 bits per heavy atom. The van der Waals surface area contributed by atoms with Gasteiger partial charge in [0.15, 0.2) is 0 Å². The van der Waals surface area contributed by atoms with Crippen molar-refractivity contribution in [3.63, 3.8) is 0 Å². The average molecular weight is 230 g/mol. The molecule has 0 fully saturated rings. The Labute approximate surface area is 99.3 Å². The van der Waals surface area contributed by atoms with E-state index in [2.05, 4.69) is 20.3 Å². The van der Waals surface area contributed by atoms with Crippen LogP contribution in [0, 0.1) is 0 Å². The van der Waals surface area contributed by atoms with Gasteiger partial charge in [-0.1, -0.05) is 0 Å². The van der Waals surface area contributed by atoms with E-state index in [4.69, 9.17) is 0 Å². The van der Waals surface area contributed by atoms with Gasteiger partial charge in [0.05, 0.1) is 12.5 Å². The molecule has 2 aromatic rings. The predicted molar refractivity (Wildman–Crippen MR) is 63.1 cm³/mol. The molecule has 1 amide bonds. The Hall–Kier alpha value is -2.17. The van der Waals surface area contributed by atoms with Crippen molar-refractivity contribution in [2.75, 3.05) is 0 Å². The van der Waals surface area contributed by atoms with Crippen LogP contribution in [0.5, 0.6) is 0 Å². The molecule has 2 N–H and O–H groups in total. The van der Waals surface area contributed by atoms with Gasteiger partial charge in [-0.2, -0.15) is 0 Å². The number of H-pyrrole nitrogens is 1. The highest BCUT2D eigenvalue weighted by molar-refractivity contribution is 5.78. The molecule has 2 aromatic heterocycles. The maximum absolute atomic E-state index is 11.7. The number of aromatic nitrogens is 3. The molecule has 1 unspecified atom stereocenters. The molecule has 5 nitrogen and oxygen atoms in total. The molecule has 2 rings (SSSR count). The van der Waals surface area contributed by atoms with E-state index in [0.29, 0.717) is 6.42 Å². The largest absolute Gasteiger partial charge is 0.347 e. The summed E-state index contributed by atoms with van der Waals surface area (Å²) >= 11 is 0. The van der Waals surface area contributed by atoms with Gasteiger partial charge in [-0.25, -0.2) is 4.98 Å². The maximum Gasteiger partial charge on any atom is 0.224 e. The zero-order valence-corrected chi connectivity index (χ0v) is 9.55. The van der Waals surface area contributed by atoms with Crippen LogP contribution in [0.2, 0.25) is 0 Å². The molecule has 1 atom stereocenters. The van der Waals surface area contributed by atoms with Gasteiger partial charge in [-0.3, -0.25) is 9.78 Å². The number of aromatic amines is 1. The first-order valence-electron chi connectivity index (χ1n) is 5.43. The number of hydrogen-bond donors (Lipinski definition) is 2. The molecule has 0 saturated heterocycles. The number of carbonyl (C=O) groups is 1. The lowest BCUT2D eigenvalue weighted by Crippen LogP contribution is -2.28. The second-order valence-electron chi connectivity index (χ2n) is 3.80. The number of pyridine rings is 1. The average Bonchev–Trinajstić information content (AvgIpc) is 2.83. The number of hydrogen-bond acceptors (Lipinski definition) is 3. The molecule has 88 valence electrons. The number of amides is 1. The van der Waals surface area contributed by atoms with E-state index < -0.39 is 0 Å². The predicted octanol–water partition coefficient (Wildman–Crippen LogP) is 1.22. The molecule has 0 aliphatic rings. The summed E-state index contributed by atoms with van der Waals surface area (Å²) in [5.74, 6) is 0.730. The zero-order chi connectivity index (χ0) is 12.1. The molecule has 2 heterocycles. The van der Waals surface area contributed by atoms with Gasteiger partial charge in [-0.15, -0.1) is 0 Å². The van der Waals surface area contributed by atoms with Crippen molar-refractivity contribution in [1.29, 1.82) is 0 Å². The van der Waals surface area contributed by atoms with Gasteiger partial charge >= 0.3 is 0 Å². The second kappa shape index (κ2) is 5.25. The molecule has 0 aromatic carbocycles. The minimum atomic E-state index is -0.112. The first-order valence-corrected chi connectivity index (χ1v) is 5.43. The van der Waals surface area contributed by atoms with E-state index in [1.54, 1.807) is 24.8 Å². The van der Waals surface area contributed by atoms with Crippen LogP contribution in [0.1, 0.15) is 24.4 Å². The number of carbonyl (C=O) groups excluding carboxylic acids is 1. The number of nitrogens with zero attached hydrogens (tertiary/aromatic N) is 2. The lowest BCUT2D eigenvalue weighted by Gasteiger charge is -2.11. The summed E-state index contributed by atoms with van der Waals surface area (Å²) in [4.78, 5) is 22.7. The van der Waals surface area contributed by atoms with Crippen LogP contribution >= 0.6 is 0 Å². The first kappa shape index (κ1) is 11.3. The summed E-state index contributed by atoms with van der Waals surface area (Å²) in [6.45, 7) is 1.89. The highest BCUT2D eigenvalue weighted by Crippen LogP contribution is 2.06. The fourth-order valence-electron chi connectivity index (χ4n) is 1.56. The first-order chi connectivity index (χ1) is 8.25. The highest BCUT2D eigenvalue weighted by Gasteiger charge is 2.11. The smallest absolute Gasteiger partial charge is 0.224 e. The third kappa shape index (κ3) is 3.14. The van der Waals surface area contributed by atoms with Gasteiger partial charge in [0, 0.05) is 24.8 Å². The maximum atomic E-state index is 11.7. The molecule has 0 aliphatic carbocycles. The third-order valence-corrected chi connectivity index (χ3v) is 2.42.